The fraction of sp³-hybridized carbons (Fsp3) is 0.375. The number of rotatable bonds is 9. The molecule has 4 rings (SSSR count). The second-order valence-electron chi connectivity index (χ2n) is 8.27. The van der Waals surface area contributed by atoms with Gasteiger partial charge in [0, 0.05) is 38.1 Å². The number of piperazine rings is 1. The summed E-state index contributed by atoms with van der Waals surface area (Å²) in [5.74, 6) is 0.890. The Hall–Kier alpha value is -1.94. The first kappa shape index (κ1) is 25.2. The third-order valence-electron chi connectivity index (χ3n) is 5.93. The maximum atomic E-state index is 13.2. The van der Waals surface area contributed by atoms with Gasteiger partial charge in [-0.25, -0.2) is 13.4 Å². The predicted molar refractivity (Wildman–Crippen MR) is 136 cm³/mol. The molecule has 0 amide bonds. The Labute approximate surface area is 210 Å². The smallest absolute Gasteiger partial charge is 0.242 e. The molecule has 1 aliphatic heterocycles. The van der Waals surface area contributed by atoms with E-state index >= 15 is 0 Å². The number of nitrogens with zero attached hydrogens (tertiary/aromatic N) is 3. The molecule has 1 unspecified atom stereocenters. The molecule has 1 fully saturated rings. The zero-order valence-electron chi connectivity index (χ0n) is 19.0. The van der Waals surface area contributed by atoms with Gasteiger partial charge in [0.25, 0.3) is 0 Å². The minimum Gasteiger partial charge on any atom is -0.494 e. The Kier molecular flexibility index (Phi) is 8.29. The normalized spacial score (nSPS) is 16.6. The zero-order valence-corrected chi connectivity index (χ0v) is 21.3. The highest BCUT2D eigenvalue weighted by Gasteiger charge is 2.26. The largest absolute Gasteiger partial charge is 0.494 e. The summed E-state index contributed by atoms with van der Waals surface area (Å²) in [5.41, 5.74) is 0.370. The van der Waals surface area contributed by atoms with E-state index in [1.807, 2.05) is 37.3 Å². The van der Waals surface area contributed by atoms with Crippen LogP contribution in [0.4, 0.5) is 0 Å². The lowest BCUT2D eigenvalue weighted by atomic mass is 10.2. The molecule has 182 valence electrons. The summed E-state index contributed by atoms with van der Waals surface area (Å²) in [6.07, 6.45) is 0.596. The van der Waals surface area contributed by atoms with Gasteiger partial charge >= 0.3 is 0 Å². The number of nitrogens with one attached hydrogen (secondary N) is 1. The highest BCUT2D eigenvalue weighted by atomic mass is 35.5. The van der Waals surface area contributed by atoms with Crippen molar-refractivity contribution >= 4 is 44.1 Å². The van der Waals surface area contributed by atoms with E-state index in [2.05, 4.69) is 19.5 Å². The number of halogens is 2. The Morgan fingerprint density at radius 3 is 2.50 bits per heavy atom. The Bertz CT molecular complexity index is 1220. The van der Waals surface area contributed by atoms with Crippen molar-refractivity contribution in [2.24, 2.45) is 0 Å². The van der Waals surface area contributed by atoms with Crippen LogP contribution in [-0.4, -0.2) is 68.7 Å². The molecular weight excluding hydrogens is 495 g/mol. The molecule has 10 heteroatoms. The Balaban J connectivity index is 1.29. The van der Waals surface area contributed by atoms with Crippen LogP contribution in [0.2, 0.25) is 10.2 Å². The average molecular weight is 523 g/mol. The van der Waals surface area contributed by atoms with Gasteiger partial charge in [0.15, 0.2) is 0 Å². The Morgan fingerprint density at radius 1 is 1.03 bits per heavy atom. The van der Waals surface area contributed by atoms with Gasteiger partial charge in [-0.3, -0.25) is 4.90 Å². The molecule has 1 aliphatic rings. The second-order valence-corrected chi connectivity index (χ2v) is 10.7. The number of pyridine rings is 1. The van der Waals surface area contributed by atoms with Crippen molar-refractivity contribution in [3.05, 3.63) is 64.8 Å². The van der Waals surface area contributed by atoms with E-state index in [0.717, 1.165) is 44.9 Å². The van der Waals surface area contributed by atoms with Crippen molar-refractivity contribution in [2.75, 3.05) is 39.3 Å². The fourth-order valence-electron chi connectivity index (χ4n) is 4.10. The lowest BCUT2D eigenvalue weighted by Gasteiger charge is -2.38. The van der Waals surface area contributed by atoms with Gasteiger partial charge in [0.05, 0.1) is 28.2 Å². The number of ether oxygens (including phenoxy) is 1. The van der Waals surface area contributed by atoms with Crippen LogP contribution in [0.15, 0.2) is 59.5 Å². The SMILES string of the molecule is CC(NS(=O)(=O)c1ccc(Cl)c2nc(Cl)ccc12)N1CCN(CCCOc2ccccc2)CC1. The molecular formula is C24H28Cl2N4O3S. The monoisotopic (exact) mass is 522 g/mol. The van der Waals surface area contributed by atoms with Gasteiger partial charge in [0.1, 0.15) is 10.9 Å². The molecule has 1 aromatic heterocycles. The number of hydrogen-bond donors (Lipinski definition) is 1. The van der Waals surface area contributed by atoms with Crippen molar-refractivity contribution < 1.29 is 13.2 Å². The quantitative estimate of drug-likeness (QED) is 0.334. The van der Waals surface area contributed by atoms with E-state index in [1.165, 1.54) is 12.1 Å². The van der Waals surface area contributed by atoms with Crippen molar-refractivity contribution in [1.29, 1.82) is 0 Å². The highest BCUT2D eigenvalue weighted by molar-refractivity contribution is 7.89. The molecule has 0 aliphatic carbocycles. The fourth-order valence-corrected chi connectivity index (χ4v) is 5.88. The van der Waals surface area contributed by atoms with Crippen LogP contribution in [-0.2, 0) is 10.0 Å². The molecule has 1 saturated heterocycles. The van der Waals surface area contributed by atoms with Crippen LogP contribution in [0.1, 0.15) is 13.3 Å². The molecule has 2 heterocycles. The van der Waals surface area contributed by atoms with Gasteiger partial charge in [-0.05, 0) is 49.7 Å². The van der Waals surface area contributed by atoms with E-state index in [0.29, 0.717) is 22.5 Å². The number of para-hydroxylation sites is 1. The number of hydrogen-bond acceptors (Lipinski definition) is 6. The first-order chi connectivity index (χ1) is 16.3. The predicted octanol–water partition coefficient (Wildman–Crippen LogP) is 4.25. The number of aromatic nitrogens is 1. The van der Waals surface area contributed by atoms with Crippen molar-refractivity contribution in [3.8, 4) is 5.75 Å². The Morgan fingerprint density at radius 2 is 1.76 bits per heavy atom. The third kappa shape index (κ3) is 6.19. The molecule has 0 saturated carbocycles. The highest BCUT2D eigenvalue weighted by Crippen LogP contribution is 2.29. The summed E-state index contributed by atoms with van der Waals surface area (Å²) in [6, 6.07) is 16.1. The van der Waals surface area contributed by atoms with Crippen LogP contribution in [0, 0.1) is 0 Å². The number of sulfonamides is 1. The molecule has 3 aromatic rings. The molecule has 34 heavy (non-hydrogen) atoms. The van der Waals surface area contributed by atoms with Crippen molar-refractivity contribution in [2.45, 2.75) is 24.4 Å². The molecule has 7 nitrogen and oxygen atoms in total. The number of benzene rings is 2. The molecule has 0 radical (unpaired) electrons. The van der Waals surface area contributed by atoms with Crippen LogP contribution in [0.3, 0.4) is 0 Å². The van der Waals surface area contributed by atoms with Gasteiger partial charge in [-0.1, -0.05) is 41.4 Å². The molecule has 0 spiro atoms. The van der Waals surface area contributed by atoms with E-state index in [-0.39, 0.29) is 16.2 Å². The van der Waals surface area contributed by atoms with Crippen LogP contribution in [0.5, 0.6) is 5.75 Å². The minimum absolute atomic E-state index is 0.139. The summed E-state index contributed by atoms with van der Waals surface area (Å²) in [4.78, 5) is 8.85. The van der Waals surface area contributed by atoms with Crippen molar-refractivity contribution in [3.63, 3.8) is 0 Å². The van der Waals surface area contributed by atoms with E-state index in [1.54, 1.807) is 12.1 Å². The van der Waals surface area contributed by atoms with Crippen LogP contribution >= 0.6 is 23.2 Å². The lowest BCUT2D eigenvalue weighted by molar-refractivity contribution is 0.0943. The molecule has 0 bridgehead atoms. The maximum Gasteiger partial charge on any atom is 0.242 e. The standard InChI is InChI=1S/C24H28Cl2N4O3S/c1-18(28-34(31,32)22-10-9-21(25)24-20(22)8-11-23(26)27-24)30-15-13-29(14-16-30)12-5-17-33-19-6-3-2-4-7-19/h2-4,6-11,18,28H,5,12-17H2,1H3. The van der Waals surface area contributed by atoms with E-state index in [9.17, 15) is 8.42 Å². The zero-order chi connectivity index (χ0) is 24.1. The lowest BCUT2D eigenvalue weighted by Crippen LogP contribution is -2.54. The first-order valence-corrected chi connectivity index (χ1v) is 13.5. The first-order valence-electron chi connectivity index (χ1n) is 11.2. The van der Waals surface area contributed by atoms with E-state index < -0.39 is 10.0 Å². The van der Waals surface area contributed by atoms with Crippen LogP contribution < -0.4 is 9.46 Å². The summed E-state index contributed by atoms with van der Waals surface area (Å²) in [5, 5.41) is 1.06. The van der Waals surface area contributed by atoms with Crippen molar-refractivity contribution in [1.82, 2.24) is 19.5 Å². The summed E-state index contributed by atoms with van der Waals surface area (Å²) >= 11 is 12.2. The second kappa shape index (κ2) is 11.2. The minimum atomic E-state index is -3.79. The summed E-state index contributed by atoms with van der Waals surface area (Å²) < 4.78 is 34.9. The van der Waals surface area contributed by atoms with Crippen LogP contribution in [0.25, 0.3) is 10.9 Å². The topological polar surface area (TPSA) is 74.8 Å². The number of fused-ring (bicyclic) bond motifs is 1. The molecule has 1 N–H and O–H groups in total. The van der Waals surface area contributed by atoms with Gasteiger partial charge < -0.3 is 9.64 Å². The summed E-state index contributed by atoms with van der Waals surface area (Å²) in [6.45, 7) is 6.81. The van der Waals surface area contributed by atoms with Gasteiger partial charge in [-0.15, -0.1) is 0 Å². The summed E-state index contributed by atoms with van der Waals surface area (Å²) in [7, 11) is -3.79. The average Bonchev–Trinajstić information content (AvgIpc) is 2.83. The van der Waals surface area contributed by atoms with Gasteiger partial charge in [-0.2, -0.15) is 4.72 Å². The molecule has 2 aromatic carbocycles. The molecule has 1 atom stereocenters. The van der Waals surface area contributed by atoms with E-state index in [4.69, 9.17) is 27.9 Å². The van der Waals surface area contributed by atoms with Gasteiger partial charge in [0.2, 0.25) is 10.0 Å². The maximum absolute atomic E-state index is 13.2. The third-order valence-corrected chi connectivity index (χ3v) is 8.04.